The molecule has 1 atom stereocenters. The standard InChI is InChI=1S/C18H22N2O/c1-20(14-8-11-15-9-4-2-5-10-15)18(21)17(19)16-12-6-3-7-13-16/h2-7,9-10,12-13,17H,8,11,14,19H2,1H3. The molecular formula is C18H22N2O. The van der Waals surface area contributed by atoms with Gasteiger partial charge >= 0.3 is 0 Å². The Morgan fingerprint density at radius 3 is 2.24 bits per heavy atom. The smallest absolute Gasteiger partial charge is 0.243 e. The summed E-state index contributed by atoms with van der Waals surface area (Å²) >= 11 is 0. The van der Waals surface area contributed by atoms with Gasteiger partial charge in [-0.25, -0.2) is 0 Å². The first-order chi connectivity index (χ1) is 10.2. The van der Waals surface area contributed by atoms with Crippen molar-refractivity contribution < 1.29 is 4.79 Å². The number of amides is 1. The SMILES string of the molecule is CN(CCCc1ccccc1)C(=O)C(N)c1ccccc1. The Hall–Kier alpha value is -2.13. The Morgan fingerprint density at radius 2 is 1.62 bits per heavy atom. The molecule has 0 aliphatic heterocycles. The molecule has 0 saturated carbocycles. The normalized spacial score (nSPS) is 11.9. The highest BCUT2D eigenvalue weighted by Gasteiger charge is 2.19. The third-order valence-corrected chi connectivity index (χ3v) is 3.60. The first-order valence-corrected chi connectivity index (χ1v) is 7.28. The van der Waals surface area contributed by atoms with Gasteiger partial charge in [0.25, 0.3) is 0 Å². The molecule has 0 aliphatic carbocycles. The molecule has 2 N–H and O–H groups in total. The van der Waals surface area contributed by atoms with Crippen molar-refractivity contribution in [2.45, 2.75) is 18.9 Å². The van der Waals surface area contributed by atoms with E-state index in [-0.39, 0.29) is 5.91 Å². The quantitative estimate of drug-likeness (QED) is 0.885. The fourth-order valence-electron chi connectivity index (χ4n) is 2.32. The van der Waals surface area contributed by atoms with Gasteiger partial charge < -0.3 is 10.6 Å². The molecular weight excluding hydrogens is 260 g/mol. The Kier molecular flexibility index (Phi) is 5.52. The van der Waals surface area contributed by atoms with Crippen molar-refractivity contribution in [1.29, 1.82) is 0 Å². The molecule has 2 rings (SSSR count). The summed E-state index contributed by atoms with van der Waals surface area (Å²) in [6, 6.07) is 19.2. The third kappa shape index (κ3) is 4.43. The number of hydrogen-bond donors (Lipinski definition) is 1. The number of nitrogens with zero attached hydrogens (tertiary/aromatic N) is 1. The maximum absolute atomic E-state index is 12.3. The number of rotatable bonds is 6. The highest BCUT2D eigenvalue weighted by Crippen LogP contribution is 2.12. The lowest BCUT2D eigenvalue weighted by atomic mass is 10.1. The summed E-state index contributed by atoms with van der Waals surface area (Å²) in [5.41, 5.74) is 8.19. The molecule has 0 aliphatic rings. The second-order valence-electron chi connectivity index (χ2n) is 5.24. The van der Waals surface area contributed by atoms with Gasteiger partial charge in [-0.3, -0.25) is 4.79 Å². The van der Waals surface area contributed by atoms with Gasteiger partial charge in [-0.15, -0.1) is 0 Å². The summed E-state index contributed by atoms with van der Waals surface area (Å²) in [6.45, 7) is 0.717. The Bertz CT molecular complexity index is 554. The van der Waals surface area contributed by atoms with Crippen LogP contribution in [0.15, 0.2) is 60.7 Å². The van der Waals surface area contributed by atoms with Gasteiger partial charge in [-0.2, -0.15) is 0 Å². The van der Waals surface area contributed by atoms with Crippen LogP contribution in [-0.2, 0) is 11.2 Å². The predicted octanol–water partition coefficient (Wildman–Crippen LogP) is 2.78. The molecule has 0 radical (unpaired) electrons. The lowest BCUT2D eigenvalue weighted by molar-refractivity contribution is -0.131. The van der Waals surface area contributed by atoms with E-state index >= 15 is 0 Å². The average molecular weight is 282 g/mol. The number of benzene rings is 2. The molecule has 110 valence electrons. The van der Waals surface area contributed by atoms with E-state index in [0.717, 1.165) is 18.4 Å². The number of carbonyl (C=O) groups excluding carboxylic acids is 1. The molecule has 0 heterocycles. The van der Waals surface area contributed by atoms with Crippen LogP contribution in [0.25, 0.3) is 0 Å². The molecule has 2 aromatic carbocycles. The van der Waals surface area contributed by atoms with Crippen molar-refractivity contribution in [1.82, 2.24) is 4.90 Å². The molecule has 0 spiro atoms. The van der Waals surface area contributed by atoms with E-state index < -0.39 is 6.04 Å². The van der Waals surface area contributed by atoms with E-state index in [1.807, 2.05) is 55.6 Å². The maximum Gasteiger partial charge on any atom is 0.243 e. The van der Waals surface area contributed by atoms with Crippen LogP contribution < -0.4 is 5.73 Å². The van der Waals surface area contributed by atoms with Gasteiger partial charge in [0.1, 0.15) is 6.04 Å². The minimum absolute atomic E-state index is 0.0331. The average Bonchev–Trinajstić information content (AvgIpc) is 2.55. The van der Waals surface area contributed by atoms with E-state index in [1.165, 1.54) is 5.56 Å². The fraction of sp³-hybridized carbons (Fsp3) is 0.278. The van der Waals surface area contributed by atoms with Gasteiger partial charge in [0, 0.05) is 13.6 Å². The van der Waals surface area contributed by atoms with Crippen LogP contribution in [0.5, 0.6) is 0 Å². The molecule has 0 saturated heterocycles. The van der Waals surface area contributed by atoms with Crippen LogP contribution in [0.2, 0.25) is 0 Å². The van der Waals surface area contributed by atoms with Crippen LogP contribution in [0, 0.1) is 0 Å². The zero-order chi connectivity index (χ0) is 15.1. The number of carbonyl (C=O) groups is 1. The summed E-state index contributed by atoms with van der Waals surface area (Å²) in [6.07, 6.45) is 1.91. The van der Waals surface area contributed by atoms with Gasteiger partial charge in [-0.1, -0.05) is 60.7 Å². The summed E-state index contributed by atoms with van der Waals surface area (Å²) in [5.74, 6) is -0.0331. The van der Waals surface area contributed by atoms with Crippen molar-refractivity contribution in [3.05, 3.63) is 71.8 Å². The van der Waals surface area contributed by atoms with E-state index in [1.54, 1.807) is 4.90 Å². The van der Waals surface area contributed by atoms with Crippen LogP contribution >= 0.6 is 0 Å². The monoisotopic (exact) mass is 282 g/mol. The third-order valence-electron chi connectivity index (χ3n) is 3.60. The van der Waals surface area contributed by atoms with Gasteiger partial charge in [0.05, 0.1) is 0 Å². The molecule has 0 bridgehead atoms. The minimum Gasteiger partial charge on any atom is -0.344 e. The van der Waals surface area contributed by atoms with E-state index in [9.17, 15) is 4.79 Å². The second-order valence-corrected chi connectivity index (χ2v) is 5.24. The van der Waals surface area contributed by atoms with Crippen molar-refractivity contribution in [2.24, 2.45) is 5.73 Å². The molecule has 0 aromatic heterocycles. The molecule has 1 unspecified atom stereocenters. The maximum atomic E-state index is 12.3. The topological polar surface area (TPSA) is 46.3 Å². The van der Waals surface area contributed by atoms with E-state index in [4.69, 9.17) is 5.73 Å². The van der Waals surface area contributed by atoms with Gasteiger partial charge in [0.15, 0.2) is 0 Å². The molecule has 3 heteroatoms. The van der Waals surface area contributed by atoms with Crippen LogP contribution in [0.4, 0.5) is 0 Å². The Labute approximate surface area is 126 Å². The highest BCUT2D eigenvalue weighted by atomic mass is 16.2. The number of nitrogens with two attached hydrogens (primary N) is 1. The van der Waals surface area contributed by atoms with Crippen molar-refractivity contribution in [2.75, 3.05) is 13.6 Å². The first-order valence-electron chi connectivity index (χ1n) is 7.28. The number of aryl methyl sites for hydroxylation is 1. The largest absolute Gasteiger partial charge is 0.344 e. The summed E-state index contributed by atoms with van der Waals surface area (Å²) in [5, 5.41) is 0. The lowest BCUT2D eigenvalue weighted by Gasteiger charge is -2.21. The molecule has 1 amide bonds. The number of likely N-dealkylation sites (N-methyl/N-ethyl adjacent to an activating group) is 1. The summed E-state index contributed by atoms with van der Waals surface area (Å²) in [4.78, 5) is 14.0. The van der Waals surface area contributed by atoms with Crippen molar-refractivity contribution in [3.8, 4) is 0 Å². The van der Waals surface area contributed by atoms with Crippen LogP contribution in [-0.4, -0.2) is 24.4 Å². The molecule has 21 heavy (non-hydrogen) atoms. The molecule has 2 aromatic rings. The fourth-order valence-corrected chi connectivity index (χ4v) is 2.32. The zero-order valence-electron chi connectivity index (χ0n) is 12.4. The predicted molar refractivity (Wildman–Crippen MR) is 85.8 cm³/mol. The van der Waals surface area contributed by atoms with Crippen molar-refractivity contribution in [3.63, 3.8) is 0 Å². The zero-order valence-corrected chi connectivity index (χ0v) is 12.4. The lowest BCUT2D eigenvalue weighted by Crippen LogP contribution is -2.36. The Balaban J connectivity index is 1.82. The number of hydrogen-bond acceptors (Lipinski definition) is 2. The molecule has 0 fully saturated rings. The molecule has 3 nitrogen and oxygen atoms in total. The van der Waals surface area contributed by atoms with Gasteiger partial charge in [0.2, 0.25) is 5.91 Å². The van der Waals surface area contributed by atoms with Crippen LogP contribution in [0.3, 0.4) is 0 Å². The summed E-state index contributed by atoms with van der Waals surface area (Å²) < 4.78 is 0. The van der Waals surface area contributed by atoms with E-state index in [0.29, 0.717) is 6.54 Å². The second kappa shape index (κ2) is 7.60. The van der Waals surface area contributed by atoms with Gasteiger partial charge in [-0.05, 0) is 24.0 Å². The Morgan fingerprint density at radius 1 is 1.05 bits per heavy atom. The van der Waals surface area contributed by atoms with E-state index in [2.05, 4.69) is 12.1 Å². The summed E-state index contributed by atoms with van der Waals surface area (Å²) in [7, 11) is 1.82. The highest BCUT2D eigenvalue weighted by molar-refractivity contribution is 5.82. The minimum atomic E-state index is -0.576. The van der Waals surface area contributed by atoms with Crippen LogP contribution in [0.1, 0.15) is 23.6 Å². The first kappa shape index (κ1) is 15.3. The van der Waals surface area contributed by atoms with Crippen molar-refractivity contribution >= 4 is 5.91 Å².